The van der Waals surface area contributed by atoms with Crippen molar-refractivity contribution in [2.24, 2.45) is 10.9 Å². The molecule has 82 valence electrons. The highest BCUT2D eigenvalue weighted by Gasteiger charge is 2.05. The number of aliphatic hydroxyl groups is 1. The maximum Gasteiger partial charge on any atom is 0.0963 e. The first-order valence-corrected chi connectivity index (χ1v) is 5.71. The first-order valence-electron chi connectivity index (χ1n) is 5.71. The van der Waals surface area contributed by atoms with Crippen molar-refractivity contribution in [1.82, 2.24) is 5.32 Å². The van der Waals surface area contributed by atoms with Gasteiger partial charge in [0.2, 0.25) is 0 Å². The van der Waals surface area contributed by atoms with Crippen molar-refractivity contribution >= 4 is 5.84 Å². The summed E-state index contributed by atoms with van der Waals surface area (Å²) in [5.74, 6) is 1.71. The van der Waals surface area contributed by atoms with Crippen LogP contribution in [0.15, 0.2) is 4.99 Å². The van der Waals surface area contributed by atoms with Gasteiger partial charge in [-0.2, -0.15) is 0 Å². The van der Waals surface area contributed by atoms with Gasteiger partial charge >= 0.3 is 0 Å². The third-order valence-corrected chi connectivity index (χ3v) is 2.65. The number of rotatable bonds is 4. The van der Waals surface area contributed by atoms with Crippen LogP contribution in [0.5, 0.6) is 0 Å². The van der Waals surface area contributed by atoms with Crippen LogP contribution in [0.4, 0.5) is 0 Å². The van der Waals surface area contributed by atoms with E-state index in [1.54, 1.807) is 0 Å². The first kappa shape index (κ1) is 11.5. The summed E-state index contributed by atoms with van der Waals surface area (Å²) in [7, 11) is 0. The Labute approximate surface area is 86.6 Å². The Morgan fingerprint density at radius 3 is 3.07 bits per heavy atom. The summed E-state index contributed by atoms with van der Waals surface area (Å²) in [6.45, 7) is 4.37. The van der Waals surface area contributed by atoms with E-state index in [1.165, 1.54) is 25.1 Å². The number of aliphatic hydroxyl groups excluding tert-OH is 1. The van der Waals surface area contributed by atoms with E-state index in [4.69, 9.17) is 5.11 Å². The van der Waals surface area contributed by atoms with Crippen LogP contribution in [-0.2, 0) is 0 Å². The fourth-order valence-corrected chi connectivity index (χ4v) is 1.63. The molecule has 0 spiro atoms. The fourth-order valence-electron chi connectivity index (χ4n) is 1.63. The van der Waals surface area contributed by atoms with Crippen molar-refractivity contribution < 1.29 is 5.11 Å². The van der Waals surface area contributed by atoms with Crippen molar-refractivity contribution in [2.45, 2.75) is 39.0 Å². The van der Waals surface area contributed by atoms with Crippen molar-refractivity contribution in [3.8, 4) is 0 Å². The van der Waals surface area contributed by atoms with Gasteiger partial charge < -0.3 is 10.4 Å². The summed E-state index contributed by atoms with van der Waals surface area (Å²) < 4.78 is 0. The molecule has 1 atom stereocenters. The number of nitrogens with one attached hydrogen (secondary N) is 1. The topological polar surface area (TPSA) is 44.6 Å². The third-order valence-electron chi connectivity index (χ3n) is 2.65. The fraction of sp³-hybridized carbons (Fsp3) is 0.909. The summed E-state index contributed by atoms with van der Waals surface area (Å²) in [5, 5.41) is 12.1. The molecule has 1 heterocycles. The summed E-state index contributed by atoms with van der Waals surface area (Å²) in [6.07, 6.45) is 5.78. The monoisotopic (exact) mass is 198 g/mol. The summed E-state index contributed by atoms with van der Waals surface area (Å²) in [4.78, 5) is 4.50. The number of amidine groups is 1. The molecule has 14 heavy (non-hydrogen) atoms. The Balaban J connectivity index is 2.18. The molecule has 0 fully saturated rings. The Kier molecular flexibility index (Phi) is 5.60. The maximum atomic E-state index is 8.76. The Morgan fingerprint density at radius 2 is 2.29 bits per heavy atom. The Bertz CT molecular complexity index is 180. The van der Waals surface area contributed by atoms with E-state index in [9.17, 15) is 0 Å². The Morgan fingerprint density at radius 1 is 1.43 bits per heavy atom. The standard InChI is InChI=1S/C11H22N2O/c1-10(6-8-14)9-13-11-5-3-2-4-7-12-11/h10,14H,2-9H2,1H3,(H,12,13). The highest BCUT2D eigenvalue weighted by Crippen LogP contribution is 2.06. The van der Waals surface area contributed by atoms with Crippen molar-refractivity contribution in [3.05, 3.63) is 0 Å². The van der Waals surface area contributed by atoms with Crippen LogP contribution in [0.3, 0.4) is 0 Å². The van der Waals surface area contributed by atoms with Gasteiger partial charge in [0, 0.05) is 26.1 Å². The lowest BCUT2D eigenvalue weighted by Gasteiger charge is -2.13. The molecule has 0 saturated heterocycles. The summed E-state index contributed by atoms with van der Waals surface area (Å²) in [5.41, 5.74) is 0. The number of hydrogen-bond acceptors (Lipinski definition) is 3. The molecule has 0 bridgehead atoms. The highest BCUT2D eigenvalue weighted by molar-refractivity contribution is 5.82. The van der Waals surface area contributed by atoms with Gasteiger partial charge in [0.1, 0.15) is 0 Å². The lowest BCUT2D eigenvalue weighted by Crippen LogP contribution is -2.28. The van der Waals surface area contributed by atoms with Crippen LogP contribution in [0.2, 0.25) is 0 Å². The molecule has 0 aromatic rings. The lowest BCUT2D eigenvalue weighted by molar-refractivity contribution is 0.262. The molecule has 2 N–H and O–H groups in total. The van der Waals surface area contributed by atoms with Gasteiger partial charge in [-0.25, -0.2) is 0 Å². The van der Waals surface area contributed by atoms with E-state index >= 15 is 0 Å². The molecule has 0 saturated carbocycles. The van der Waals surface area contributed by atoms with Gasteiger partial charge in [-0.3, -0.25) is 4.99 Å². The molecule has 0 aromatic heterocycles. The number of nitrogens with zero attached hydrogens (tertiary/aromatic N) is 1. The zero-order valence-corrected chi connectivity index (χ0v) is 9.13. The average molecular weight is 198 g/mol. The SMILES string of the molecule is CC(CCO)CNC1=NCCCCC1. The quantitative estimate of drug-likeness (QED) is 0.720. The van der Waals surface area contributed by atoms with Gasteiger partial charge in [0.25, 0.3) is 0 Å². The van der Waals surface area contributed by atoms with Crippen LogP contribution in [0, 0.1) is 5.92 Å². The van der Waals surface area contributed by atoms with Gasteiger partial charge in [0.15, 0.2) is 0 Å². The lowest BCUT2D eigenvalue weighted by atomic mass is 10.1. The number of aliphatic imine (C=N–C) groups is 1. The maximum absolute atomic E-state index is 8.76. The molecule has 0 amide bonds. The predicted octanol–water partition coefficient (Wildman–Crippen LogP) is 1.57. The molecule has 1 rings (SSSR count). The van der Waals surface area contributed by atoms with Crippen LogP contribution in [-0.4, -0.2) is 30.6 Å². The molecule has 3 nitrogen and oxygen atoms in total. The van der Waals surface area contributed by atoms with E-state index in [2.05, 4.69) is 17.2 Å². The van der Waals surface area contributed by atoms with E-state index in [0.717, 1.165) is 25.9 Å². The third kappa shape index (κ3) is 4.61. The summed E-state index contributed by atoms with van der Waals surface area (Å²) >= 11 is 0. The average Bonchev–Trinajstić information content (AvgIpc) is 2.43. The molecule has 0 aromatic carbocycles. The molecular formula is C11H22N2O. The molecule has 0 aliphatic carbocycles. The minimum atomic E-state index is 0.287. The molecule has 0 radical (unpaired) electrons. The van der Waals surface area contributed by atoms with E-state index in [-0.39, 0.29) is 6.61 Å². The van der Waals surface area contributed by atoms with Gasteiger partial charge in [-0.1, -0.05) is 13.3 Å². The molecular weight excluding hydrogens is 176 g/mol. The van der Waals surface area contributed by atoms with Crippen molar-refractivity contribution in [3.63, 3.8) is 0 Å². The van der Waals surface area contributed by atoms with E-state index in [0.29, 0.717) is 5.92 Å². The van der Waals surface area contributed by atoms with Gasteiger partial charge in [-0.15, -0.1) is 0 Å². The van der Waals surface area contributed by atoms with Crippen LogP contribution in [0.1, 0.15) is 39.0 Å². The minimum absolute atomic E-state index is 0.287. The molecule has 1 aliphatic rings. The van der Waals surface area contributed by atoms with Gasteiger partial charge in [-0.05, 0) is 25.2 Å². The Hall–Kier alpha value is -0.570. The second kappa shape index (κ2) is 6.82. The predicted molar refractivity (Wildman–Crippen MR) is 59.6 cm³/mol. The summed E-state index contributed by atoms with van der Waals surface area (Å²) in [6, 6.07) is 0. The zero-order chi connectivity index (χ0) is 10.2. The number of hydrogen-bond donors (Lipinski definition) is 2. The van der Waals surface area contributed by atoms with Crippen molar-refractivity contribution in [2.75, 3.05) is 19.7 Å². The molecule has 3 heteroatoms. The highest BCUT2D eigenvalue weighted by atomic mass is 16.3. The first-order chi connectivity index (χ1) is 6.83. The smallest absolute Gasteiger partial charge is 0.0963 e. The van der Waals surface area contributed by atoms with Crippen LogP contribution in [0.25, 0.3) is 0 Å². The van der Waals surface area contributed by atoms with Crippen molar-refractivity contribution in [1.29, 1.82) is 0 Å². The molecule has 1 unspecified atom stereocenters. The van der Waals surface area contributed by atoms with Crippen LogP contribution < -0.4 is 5.32 Å². The largest absolute Gasteiger partial charge is 0.396 e. The second-order valence-electron chi connectivity index (χ2n) is 4.14. The van der Waals surface area contributed by atoms with Crippen LogP contribution >= 0.6 is 0 Å². The van der Waals surface area contributed by atoms with E-state index in [1.807, 2.05) is 0 Å². The van der Waals surface area contributed by atoms with Gasteiger partial charge in [0.05, 0.1) is 5.84 Å². The second-order valence-corrected chi connectivity index (χ2v) is 4.14. The normalized spacial score (nSPS) is 19.7. The van der Waals surface area contributed by atoms with E-state index < -0.39 is 0 Å². The minimum Gasteiger partial charge on any atom is -0.396 e. The zero-order valence-electron chi connectivity index (χ0n) is 9.13. The molecule has 1 aliphatic heterocycles.